The van der Waals surface area contributed by atoms with Crippen molar-refractivity contribution in [2.45, 2.75) is 25.3 Å². The average Bonchev–Trinajstić information content (AvgIpc) is 2.60. The van der Waals surface area contributed by atoms with Crippen molar-refractivity contribution in [2.75, 3.05) is 26.0 Å². The van der Waals surface area contributed by atoms with Gasteiger partial charge in [0.05, 0.1) is 19.3 Å². The third-order valence-electron chi connectivity index (χ3n) is 2.57. The molecule has 1 saturated heterocycles. The maximum atomic E-state index is 11.7. The molecule has 1 aliphatic rings. The molecule has 0 aromatic heterocycles. The van der Waals surface area contributed by atoms with Crippen molar-refractivity contribution in [3.8, 4) is 0 Å². The van der Waals surface area contributed by atoms with Gasteiger partial charge in [0.15, 0.2) is 0 Å². The molecule has 0 aromatic rings. The van der Waals surface area contributed by atoms with Crippen LogP contribution in [0.4, 0.5) is 0 Å². The van der Waals surface area contributed by atoms with Gasteiger partial charge in [-0.15, -0.1) is 0 Å². The lowest BCUT2D eigenvalue weighted by Gasteiger charge is -2.23. The van der Waals surface area contributed by atoms with Crippen LogP contribution in [0.25, 0.3) is 0 Å². The Hall–Kier alpha value is -0.660. The number of hydrogen-bond acceptors (Lipinski definition) is 5. The first-order chi connectivity index (χ1) is 7.37. The first-order valence-electron chi connectivity index (χ1n) is 5.16. The van der Waals surface area contributed by atoms with Crippen LogP contribution in [0.2, 0.25) is 0 Å². The van der Waals surface area contributed by atoms with Gasteiger partial charge >= 0.3 is 5.97 Å². The molecule has 0 bridgehead atoms. The van der Waals surface area contributed by atoms with Crippen LogP contribution in [0.15, 0.2) is 0 Å². The van der Waals surface area contributed by atoms with E-state index < -0.39 is 21.5 Å². The first-order valence-corrected chi connectivity index (χ1v) is 6.81. The number of methoxy groups -OCH3 is 1. The second kappa shape index (κ2) is 5.11. The molecule has 1 unspecified atom stereocenters. The highest BCUT2D eigenvalue weighted by molar-refractivity contribution is 7.89. The lowest BCUT2D eigenvalue weighted by molar-refractivity contribution is -0.140. The van der Waals surface area contributed by atoms with Crippen LogP contribution in [-0.4, -0.2) is 45.9 Å². The summed E-state index contributed by atoms with van der Waals surface area (Å²) in [5.74, 6) is -0.741. The van der Waals surface area contributed by atoms with E-state index in [4.69, 9.17) is 0 Å². The lowest BCUT2D eigenvalue weighted by Crippen LogP contribution is -2.48. The third-order valence-corrected chi connectivity index (χ3v) is 4.12. The zero-order chi connectivity index (χ0) is 12.2. The Morgan fingerprint density at radius 1 is 1.56 bits per heavy atom. The highest BCUT2D eigenvalue weighted by Gasteiger charge is 2.32. The molecule has 1 fully saturated rings. The van der Waals surface area contributed by atoms with Crippen LogP contribution >= 0.6 is 0 Å². The standard InChI is InChI=1S/C9H18N2O4S/c1-9(4-5-10-7-9)11-16(13,14)6-3-8(12)15-2/h10-11H,3-7H2,1-2H3. The summed E-state index contributed by atoms with van der Waals surface area (Å²) >= 11 is 0. The largest absolute Gasteiger partial charge is 0.469 e. The second-order valence-electron chi connectivity index (χ2n) is 4.23. The van der Waals surface area contributed by atoms with Gasteiger partial charge in [-0.2, -0.15) is 0 Å². The van der Waals surface area contributed by atoms with Gasteiger partial charge in [0.1, 0.15) is 0 Å². The number of ether oxygens (including phenoxy) is 1. The van der Waals surface area contributed by atoms with Crippen LogP contribution in [0, 0.1) is 0 Å². The normalized spacial score (nSPS) is 25.6. The van der Waals surface area contributed by atoms with E-state index in [1.165, 1.54) is 7.11 Å². The number of nitrogens with one attached hydrogen (secondary N) is 2. The second-order valence-corrected chi connectivity index (χ2v) is 6.08. The number of hydrogen-bond donors (Lipinski definition) is 2. The molecule has 0 amide bonds. The fourth-order valence-corrected chi connectivity index (χ4v) is 3.11. The molecule has 0 radical (unpaired) electrons. The summed E-state index contributed by atoms with van der Waals surface area (Å²) in [6, 6.07) is 0. The van der Waals surface area contributed by atoms with Crippen LogP contribution in [0.1, 0.15) is 19.8 Å². The monoisotopic (exact) mass is 250 g/mol. The van der Waals surface area contributed by atoms with Crippen molar-refractivity contribution in [1.29, 1.82) is 0 Å². The van der Waals surface area contributed by atoms with Gasteiger partial charge in [-0.1, -0.05) is 0 Å². The van der Waals surface area contributed by atoms with Gasteiger partial charge in [0.25, 0.3) is 0 Å². The van der Waals surface area contributed by atoms with Crippen molar-refractivity contribution in [3.63, 3.8) is 0 Å². The summed E-state index contributed by atoms with van der Waals surface area (Å²) in [6.45, 7) is 3.27. The van der Waals surface area contributed by atoms with Crippen LogP contribution < -0.4 is 10.0 Å². The van der Waals surface area contributed by atoms with Crippen molar-refractivity contribution in [1.82, 2.24) is 10.0 Å². The van der Waals surface area contributed by atoms with Crippen LogP contribution in [0.3, 0.4) is 0 Å². The van der Waals surface area contributed by atoms with Gasteiger partial charge in [-0.3, -0.25) is 4.79 Å². The Morgan fingerprint density at radius 2 is 2.25 bits per heavy atom. The first kappa shape index (κ1) is 13.4. The molecule has 6 nitrogen and oxygen atoms in total. The van der Waals surface area contributed by atoms with E-state index in [1.807, 2.05) is 6.92 Å². The molecule has 1 heterocycles. The minimum Gasteiger partial charge on any atom is -0.469 e. The number of rotatable bonds is 5. The van der Waals surface area contributed by atoms with Crippen molar-refractivity contribution < 1.29 is 17.9 Å². The van der Waals surface area contributed by atoms with Crippen LogP contribution in [0.5, 0.6) is 0 Å². The molecule has 0 saturated carbocycles. The van der Waals surface area contributed by atoms with E-state index >= 15 is 0 Å². The van der Waals surface area contributed by atoms with Gasteiger partial charge in [-0.25, -0.2) is 13.1 Å². The minimum atomic E-state index is -3.42. The van der Waals surface area contributed by atoms with E-state index in [9.17, 15) is 13.2 Å². The Kier molecular flexibility index (Phi) is 4.28. The summed E-state index contributed by atoms with van der Waals surface area (Å²) in [5, 5.41) is 3.09. The Labute approximate surface area is 95.8 Å². The molecule has 0 spiro atoms. The Bertz CT molecular complexity index is 347. The maximum Gasteiger partial charge on any atom is 0.306 e. The molecule has 0 aliphatic carbocycles. The lowest BCUT2D eigenvalue weighted by atomic mass is 10.0. The summed E-state index contributed by atoms with van der Waals surface area (Å²) in [5.41, 5.74) is -0.436. The predicted molar refractivity (Wildman–Crippen MR) is 59.4 cm³/mol. The number of esters is 1. The molecule has 0 aromatic carbocycles. The zero-order valence-corrected chi connectivity index (χ0v) is 10.4. The summed E-state index contributed by atoms with van der Waals surface area (Å²) in [4.78, 5) is 10.8. The Morgan fingerprint density at radius 3 is 2.75 bits per heavy atom. The molecule has 7 heteroatoms. The van der Waals surface area contributed by atoms with E-state index in [0.717, 1.165) is 13.0 Å². The van der Waals surface area contributed by atoms with E-state index in [1.54, 1.807) is 0 Å². The molecule has 16 heavy (non-hydrogen) atoms. The minimum absolute atomic E-state index is 0.116. The fourth-order valence-electron chi connectivity index (χ4n) is 1.65. The van der Waals surface area contributed by atoms with E-state index in [0.29, 0.717) is 6.54 Å². The highest BCUT2D eigenvalue weighted by atomic mass is 32.2. The van der Waals surface area contributed by atoms with Gasteiger partial charge in [0, 0.05) is 12.1 Å². The molecular formula is C9H18N2O4S. The summed E-state index contributed by atoms with van der Waals surface area (Å²) < 4.78 is 30.3. The number of sulfonamides is 1. The number of carbonyl (C=O) groups excluding carboxylic acids is 1. The molecule has 1 atom stereocenters. The molecule has 2 N–H and O–H groups in total. The molecule has 1 rings (SSSR count). The molecular weight excluding hydrogens is 232 g/mol. The van der Waals surface area contributed by atoms with Crippen LogP contribution in [-0.2, 0) is 19.6 Å². The van der Waals surface area contributed by atoms with Gasteiger partial charge in [-0.05, 0) is 19.9 Å². The van der Waals surface area contributed by atoms with Gasteiger partial charge in [0.2, 0.25) is 10.0 Å². The summed E-state index contributed by atoms with van der Waals surface area (Å²) in [7, 11) is -2.18. The highest BCUT2D eigenvalue weighted by Crippen LogP contribution is 2.14. The molecule has 94 valence electrons. The Balaban J connectivity index is 2.48. The average molecular weight is 250 g/mol. The number of carbonyl (C=O) groups is 1. The smallest absolute Gasteiger partial charge is 0.306 e. The maximum absolute atomic E-state index is 11.7. The quantitative estimate of drug-likeness (QED) is 0.625. The summed E-state index contributed by atoms with van der Waals surface area (Å²) in [6.07, 6.45) is 0.639. The topological polar surface area (TPSA) is 84.5 Å². The van der Waals surface area contributed by atoms with E-state index in [2.05, 4.69) is 14.8 Å². The van der Waals surface area contributed by atoms with Crippen molar-refractivity contribution in [3.05, 3.63) is 0 Å². The van der Waals surface area contributed by atoms with Crippen molar-refractivity contribution >= 4 is 16.0 Å². The SMILES string of the molecule is COC(=O)CCS(=O)(=O)NC1(C)CCNC1. The van der Waals surface area contributed by atoms with E-state index in [-0.39, 0.29) is 12.2 Å². The fraction of sp³-hybridized carbons (Fsp3) is 0.889. The zero-order valence-electron chi connectivity index (χ0n) is 9.58. The predicted octanol–water partition coefficient (Wildman–Crippen LogP) is -0.779. The van der Waals surface area contributed by atoms with Crippen molar-refractivity contribution in [2.24, 2.45) is 0 Å². The van der Waals surface area contributed by atoms with Gasteiger partial charge < -0.3 is 10.1 Å². The third kappa shape index (κ3) is 4.07. The molecule has 1 aliphatic heterocycles.